The summed E-state index contributed by atoms with van der Waals surface area (Å²) in [6.45, 7) is 7.13. The van der Waals surface area contributed by atoms with Crippen molar-refractivity contribution in [3.8, 4) is 5.75 Å². The Labute approximate surface area is 186 Å². The number of methoxy groups -OCH3 is 1. The predicted molar refractivity (Wildman–Crippen MR) is 120 cm³/mol. The fourth-order valence-corrected chi connectivity index (χ4v) is 6.19. The minimum atomic E-state index is -3.71. The lowest BCUT2D eigenvalue weighted by Gasteiger charge is -2.38. The second-order valence-electron chi connectivity index (χ2n) is 9.50. The van der Waals surface area contributed by atoms with Crippen LogP contribution in [0.15, 0.2) is 23.1 Å². The van der Waals surface area contributed by atoms with E-state index in [0.717, 1.165) is 64.3 Å². The molecule has 31 heavy (non-hydrogen) atoms. The van der Waals surface area contributed by atoms with E-state index in [1.54, 1.807) is 12.1 Å². The van der Waals surface area contributed by atoms with Gasteiger partial charge in [0.05, 0.1) is 7.11 Å². The highest BCUT2D eigenvalue weighted by Gasteiger charge is 2.32. The Kier molecular flexibility index (Phi) is 6.89. The van der Waals surface area contributed by atoms with Gasteiger partial charge in [0.15, 0.2) is 0 Å². The first-order valence-corrected chi connectivity index (χ1v) is 13.1. The first-order valence-electron chi connectivity index (χ1n) is 11.6. The second kappa shape index (κ2) is 9.46. The van der Waals surface area contributed by atoms with Gasteiger partial charge in [0.1, 0.15) is 10.6 Å². The number of benzene rings is 1. The van der Waals surface area contributed by atoms with Gasteiger partial charge in [-0.05, 0) is 81.6 Å². The van der Waals surface area contributed by atoms with Gasteiger partial charge < -0.3 is 14.5 Å². The first-order chi connectivity index (χ1) is 14.9. The van der Waals surface area contributed by atoms with Gasteiger partial charge in [0, 0.05) is 31.2 Å². The summed E-state index contributed by atoms with van der Waals surface area (Å²) in [7, 11) is -2.27. The lowest BCUT2D eigenvalue weighted by Crippen LogP contribution is -2.45. The van der Waals surface area contributed by atoms with Crippen LogP contribution in [0.25, 0.3) is 0 Å². The Morgan fingerprint density at radius 2 is 1.87 bits per heavy atom. The monoisotopic (exact) mass is 449 g/mol. The average Bonchev–Trinajstić information content (AvgIpc) is 3.58. The van der Waals surface area contributed by atoms with E-state index in [4.69, 9.17) is 4.74 Å². The van der Waals surface area contributed by atoms with Crippen LogP contribution >= 0.6 is 0 Å². The molecule has 1 N–H and O–H groups in total. The van der Waals surface area contributed by atoms with E-state index in [9.17, 15) is 13.2 Å². The number of piperidine rings is 2. The Bertz CT molecular complexity index is 892. The molecule has 2 saturated heterocycles. The molecular weight excluding hydrogens is 414 g/mol. The maximum Gasteiger partial charge on any atom is 0.253 e. The zero-order valence-corrected chi connectivity index (χ0v) is 19.5. The number of nitrogens with zero attached hydrogens (tertiary/aromatic N) is 2. The van der Waals surface area contributed by atoms with Crippen LogP contribution in [0.1, 0.15) is 55.8 Å². The zero-order chi connectivity index (χ0) is 22.0. The quantitative estimate of drug-likeness (QED) is 0.692. The number of ether oxygens (including phenoxy) is 1. The van der Waals surface area contributed by atoms with Gasteiger partial charge in [-0.15, -0.1) is 0 Å². The van der Waals surface area contributed by atoms with Crippen molar-refractivity contribution in [2.24, 2.45) is 11.8 Å². The summed E-state index contributed by atoms with van der Waals surface area (Å²) in [6, 6.07) is 4.73. The fraction of sp³-hybridized carbons (Fsp3) is 0.696. The zero-order valence-electron chi connectivity index (χ0n) is 18.7. The second-order valence-corrected chi connectivity index (χ2v) is 11.2. The van der Waals surface area contributed by atoms with Crippen LogP contribution in [0, 0.1) is 11.8 Å². The van der Waals surface area contributed by atoms with Crippen molar-refractivity contribution in [3.63, 3.8) is 0 Å². The minimum Gasteiger partial charge on any atom is -0.495 e. The van der Waals surface area contributed by atoms with E-state index in [0.29, 0.717) is 11.5 Å². The van der Waals surface area contributed by atoms with Crippen LogP contribution in [-0.2, 0) is 10.0 Å². The summed E-state index contributed by atoms with van der Waals surface area (Å²) >= 11 is 0. The predicted octanol–water partition coefficient (Wildman–Crippen LogP) is 2.72. The number of likely N-dealkylation sites (tertiary alicyclic amines) is 2. The van der Waals surface area contributed by atoms with E-state index >= 15 is 0 Å². The van der Waals surface area contributed by atoms with Crippen LogP contribution in [0.2, 0.25) is 0 Å². The largest absolute Gasteiger partial charge is 0.495 e. The average molecular weight is 450 g/mol. The third-order valence-electron chi connectivity index (χ3n) is 6.80. The Morgan fingerprint density at radius 3 is 2.55 bits per heavy atom. The molecule has 1 aliphatic carbocycles. The molecule has 3 fully saturated rings. The molecular formula is C23H35N3O4S. The number of carbonyl (C=O) groups is 1. The molecule has 3 aliphatic rings. The summed E-state index contributed by atoms with van der Waals surface area (Å²) < 4.78 is 33.5. The van der Waals surface area contributed by atoms with Crippen molar-refractivity contribution in [2.45, 2.75) is 56.4 Å². The number of rotatable bonds is 7. The van der Waals surface area contributed by atoms with Crippen LogP contribution in [0.3, 0.4) is 0 Å². The van der Waals surface area contributed by atoms with Gasteiger partial charge in [-0.25, -0.2) is 13.1 Å². The number of hydrogen-bond donors (Lipinski definition) is 1. The fourth-order valence-electron chi connectivity index (χ4n) is 4.69. The smallest absolute Gasteiger partial charge is 0.253 e. The van der Waals surface area contributed by atoms with Crippen LogP contribution in [0.5, 0.6) is 5.75 Å². The topological polar surface area (TPSA) is 79.0 Å². The number of amides is 1. The maximum absolute atomic E-state index is 13.3. The van der Waals surface area contributed by atoms with Crippen LogP contribution in [0.4, 0.5) is 0 Å². The highest BCUT2D eigenvalue weighted by atomic mass is 32.2. The van der Waals surface area contributed by atoms with Crippen LogP contribution < -0.4 is 9.46 Å². The third kappa shape index (κ3) is 5.59. The third-order valence-corrected chi connectivity index (χ3v) is 8.34. The Morgan fingerprint density at radius 1 is 1.13 bits per heavy atom. The molecule has 172 valence electrons. The molecule has 0 radical (unpaired) electrons. The molecule has 1 saturated carbocycles. The number of sulfonamides is 1. The molecule has 2 aliphatic heterocycles. The Balaban J connectivity index is 1.45. The standard InChI is InChI=1S/C23H35N3O4S/c1-17-9-12-25(13-10-17)15-18-4-3-11-26(16-18)23(27)19-5-8-21(30-2)22(14-19)31(28,29)24-20-6-7-20/h5,8,14,17-18,20,24H,3-4,6-7,9-13,15-16H2,1-2H3. The van der Waals surface area contributed by atoms with Crippen molar-refractivity contribution in [2.75, 3.05) is 39.8 Å². The van der Waals surface area contributed by atoms with Crippen LogP contribution in [-0.4, -0.2) is 70.0 Å². The number of carbonyl (C=O) groups excluding carboxylic acids is 1. The lowest BCUT2D eigenvalue weighted by atomic mass is 9.94. The van der Waals surface area contributed by atoms with E-state index in [2.05, 4.69) is 16.5 Å². The molecule has 0 spiro atoms. The summed E-state index contributed by atoms with van der Waals surface area (Å²) in [4.78, 5) is 17.7. The highest BCUT2D eigenvalue weighted by Crippen LogP contribution is 2.29. The van der Waals surface area contributed by atoms with Crippen molar-refractivity contribution < 1.29 is 17.9 Å². The first kappa shape index (κ1) is 22.6. The Hall–Kier alpha value is -1.64. The van der Waals surface area contributed by atoms with Gasteiger partial charge in [-0.2, -0.15) is 0 Å². The molecule has 1 atom stereocenters. The summed E-state index contributed by atoms with van der Waals surface area (Å²) in [5, 5.41) is 0. The van der Waals surface area contributed by atoms with Gasteiger partial charge in [-0.3, -0.25) is 4.79 Å². The lowest BCUT2D eigenvalue weighted by molar-refractivity contribution is 0.0622. The molecule has 7 nitrogen and oxygen atoms in total. The van der Waals surface area contributed by atoms with E-state index in [1.165, 1.54) is 26.0 Å². The molecule has 1 aromatic carbocycles. The summed E-state index contributed by atoms with van der Waals surface area (Å²) in [6.07, 6.45) is 6.35. The minimum absolute atomic E-state index is 0.00492. The van der Waals surface area contributed by atoms with Gasteiger partial charge in [0.2, 0.25) is 10.0 Å². The summed E-state index contributed by atoms with van der Waals surface area (Å²) in [5.74, 6) is 1.46. The van der Waals surface area contributed by atoms with E-state index in [1.807, 2.05) is 4.90 Å². The van der Waals surface area contributed by atoms with Gasteiger partial charge in [0.25, 0.3) is 5.91 Å². The van der Waals surface area contributed by atoms with E-state index in [-0.39, 0.29) is 22.6 Å². The normalized spacial score (nSPS) is 23.7. The molecule has 8 heteroatoms. The number of nitrogens with one attached hydrogen (secondary N) is 1. The van der Waals surface area contributed by atoms with Gasteiger partial charge >= 0.3 is 0 Å². The summed E-state index contributed by atoms with van der Waals surface area (Å²) in [5.41, 5.74) is 0.407. The maximum atomic E-state index is 13.3. The van der Waals surface area contributed by atoms with Gasteiger partial charge in [-0.1, -0.05) is 6.92 Å². The number of hydrogen-bond acceptors (Lipinski definition) is 5. The molecule has 0 aromatic heterocycles. The molecule has 0 bridgehead atoms. The highest BCUT2D eigenvalue weighted by molar-refractivity contribution is 7.89. The molecule has 1 unspecified atom stereocenters. The van der Waals surface area contributed by atoms with Crippen molar-refractivity contribution in [1.82, 2.24) is 14.5 Å². The van der Waals surface area contributed by atoms with Crippen molar-refractivity contribution in [3.05, 3.63) is 23.8 Å². The van der Waals surface area contributed by atoms with Crippen molar-refractivity contribution >= 4 is 15.9 Å². The SMILES string of the molecule is COc1ccc(C(=O)N2CCCC(CN3CCC(C)CC3)C2)cc1S(=O)(=O)NC1CC1. The molecule has 1 aromatic rings. The van der Waals surface area contributed by atoms with E-state index < -0.39 is 10.0 Å². The molecule has 1 amide bonds. The van der Waals surface area contributed by atoms with Crippen molar-refractivity contribution in [1.29, 1.82) is 0 Å². The molecule has 2 heterocycles. The molecule has 4 rings (SSSR count).